The van der Waals surface area contributed by atoms with Gasteiger partial charge in [-0.1, -0.05) is 11.6 Å². The lowest BCUT2D eigenvalue weighted by atomic mass is 10.4. The minimum absolute atomic E-state index is 0.280. The maximum Gasteiger partial charge on any atom is 0.198 e. The van der Waals surface area contributed by atoms with Gasteiger partial charge in [0.15, 0.2) is 16.6 Å². The molecule has 6 heteroatoms. The molecule has 0 saturated carbocycles. The van der Waals surface area contributed by atoms with Crippen molar-refractivity contribution in [2.45, 2.75) is 13.0 Å². The molecular weight excluding hydrogens is 192 g/mol. The molecule has 13 heavy (non-hydrogen) atoms. The van der Waals surface area contributed by atoms with E-state index in [9.17, 15) is 5.11 Å². The standard InChI is InChI=1S/C7H7ClN4O/c1-4(13)6-10-11-7-5(8)9-2-3-12(6)7/h2-4,13H,1H3. The topological polar surface area (TPSA) is 63.3 Å². The molecule has 2 aromatic heterocycles. The van der Waals surface area contributed by atoms with Crippen molar-refractivity contribution in [2.24, 2.45) is 0 Å². The van der Waals surface area contributed by atoms with Crippen LogP contribution in [0.1, 0.15) is 18.9 Å². The highest BCUT2D eigenvalue weighted by Gasteiger charge is 2.12. The quantitative estimate of drug-likeness (QED) is 0.737. The molecule has 0 amide bonds. The summed E-state index contributed by atoms with van der Waals surface area (Å²) in [5.74, 6) is 0.458. The van der Waals surface area contributed by atoms with Crippen LogP contribution in [0.5, 0.6) is 0 Å². The van der Waals surface area contributed by atoms with Crippen LogP contribution in [0.2, 0.25) is 5.15 Å². The third-order valence-electron chi connectivity index (χ3n) is 1.68. The number of aliphatic hydroxyl groups excluding tert-OH is 1. The Morgan fingerprint density at radius 3 is 3.00 bits per heavy atom. The summed E-state index contributed by atoms with van der Waals surface area (Å²) in [5.41, 5.74) is 0.458. The first-order valence-corrected chi connectivity index (χ1v) is 4.11. The molecule has 2 heterocycles. The van der Waals surface area contributed by atoms with E-state index in [4.69, 9.17) is 11.6 Å². The predicted molar refractivity (Wildman–Crippen MR) is 46.4 cm³/mol. The lowest BCUT2D eigenvalue weighted by Gasteiger charge is -2.00. The van der Waals surface area contributed by atoms with Crippen molar-refractivity contribution >= 4 is 17.2 Å². The first-order chi connectivity index (χ1) is 6.20. The SMILES string of the molecule is CC(O)c1nnc2c(Cl)nccn12. The lowest BCUT2D eigenvalue weighted by molar-refractivity contribution is 0.187. The number of aliphatic hydroxyl groups is 1. The van der Waals surface area contributed by atoms with Gasteiger partial charge in [0.1, 0.15) is 6.10 Å². The summed E-state index contributed by atoms with van der Waals surface area (Å²) in [4.78, 5) is 3.84. The van der Waals surface area contributed by atoms with Crippen molar-refractivity contribution in [3.8, 4) is 0 Å². The van der Waals surface area contributed by atoms with E-state index in [2.05, 4.69) is 15.2 Å². The van der Waals surface area contributed by atoms with E-state index >= 15 is 0 Å². The molecule has 0 fully saturated rings. The Labute approximate surface area is 79.0 Å². The van der Waals surface area contributed by atoms with Crippen LogP contribution in [0.4, 0.5) is 0 Å². The van der Waals surface area contributed by atoms with Gasteiger partial charge in [0.2, 0.25) is 0 Å². The third-order valence-corrected chi connectivity index (χ3v) is 1.95. The van der Waals surface area contributed by atoms with Gasteiger partial charge in [0, 0.05) is 12.4 Å². The van der Waals surface area contributed by atoms with Gasteiger partial charge in [-0.25, -0.2) is 4.98 Å². The van der Waals surface area contributed by atoms with Crippen molar-refractivity contribution in [1.29, 1.82) is 0 Å². The predicted octanol–water partition coefficient (Wildman–Crippen LogP) is 0.831. The van der Waals surface area contributed by atoms with E-state index in [0.29, 0.717) is 11.5 Å². The molecule has 0 saturated heterocycles. The third kappa shape index (κ3) is 1.26. The van der Waals surface area contributed by atoms with E-state index in [0.717, 1.165) is 0 Å². The van der Waals surface area contributed by atoms with Gasteiger partial charge in [-0.05, 0) is 6.92 Å². The number of hydrogen-bond donors (Lipinski definition) is 1. The van der Waals surface area contributed by atoms with Crippen molar-refractivity contribution in [1.82, 2.24) is 19.6 Å². The summed E-state index contributed by atoms with van der Waals surface area (Å²) in [6, 6.07) is 0. The minimum atomic E-state index is -0.673. The average molecular weight is 199 g/mol. The molecule has 0 aliphatic heterocycles. The number of aromatic nitrogens is 4. The van der Waals surface area contributed by atoms with Gasteiger partial charge in [0.05, 0.1) is 0 Å². The summed E-state index contributed by atoms with van der Waals surface area (Å²) in [6.07, 6.45) is 2.52. The molecule has 1 N–H and O–H groups in total. The Bertz CT molecular complexity index is 439. The number of halogens is 1. The molecule has 0 aliphatic carbocycles. The molecule has 0 bridgehead atoms. The normalized spacial score (nSPS) is 13.5. The number of fused-ring (bicyclic) bond motifs is 1. The monoisotopic (exact) mass is 198 g/mol. The average Bonchev–Trinajstić information content (AvgIpc) is 2.48. The van der Waals surface area contributed by atoms with Crippen LogP contribution in [-0.4, -0.2) is 24.7 Å². The summed E-state index contributed by atoms with van der Waals surface area (Å²) in [5, 5.41) is 17.2. The van der Waals surface area contributed by atoms with Crippen LogP contribution < -0.4 is 0 Å². The molecule has 1 unspecified atom stereocenters. The van der Waals surface area contributed by atoms with Gasteiger partial charge in [-0.3, -0.25) is 4.40 Å². The molecule has 1 atom stereocenters. The zero-order valence-corrected chi connectivity index (χ0v) is 7.60. The highest BCUT2D eigenvalue weighted by Crippen LogP contribution is 2.15. The smallest absolute Gasteiger partial charge is 0.198 e. The van der Waals surface area contributed by atoms with Crippen LogP contribution in [-0.2, 0) is 0 Å². The molecular formula is C7H7ClN4O. The van der Waals surface area contributed by atoms with Gasteiger partial charge in [0.25, 0.3) is 0 Å². The highest BCUT2D eigenvalue weighted by atomic mass is 35.5. The molecule has 68 valence electrons. The summed E-state index contributed by atoms with van der Waals surface area (Å²) >= 11 is 5.76. The molecule has 0 aromatic carbocycles. The fourth-order valence-electron chi connectivity index (χ4n) is 1.10. The van der Waals surface area contributed by atoms with E-state index in [-0.39, 0.29) is 5.15 Å². The molecule has 0 spiro atoms. The van der Waals surface area contributed by atoms with Crippen LogP contribution in [0.15, 0.2) is 12.4 Å². The molecule has 0 radical (unpaired) electrons. The van der Waals surface area contributed by atoms with E-state index in [1.54, 1.807) is 17.5 Å². The molecule has 2 aromatic rings. The van der Waals surface area contributed by atoms with Crippen LogP contribution in [0.3, 0.4) is 0 Å². The molecule has 5 nitrogen and oxygen atoms in total. The van der Waals surface area contributed by atoms with Crippen LogP contribution in [0.25, 0.3) is 5.65 Å². The number of rotatable bonds is 1. The van der Waals surface area contributed by atoms with Gasteiger partial charge in [-0.15, -0.1) is 10.2 Å². The van der Waals surface area contributed by atoms with E-state index < -0.39 is 6.10 Å². The van der Waals surface area contributed by atoms with Gasteiger partial charge < -0.3 is 5.11 Å². The second-order valence-corrected chi connectivity index (χ2v) is 3.00. The van der Waals surface area contributed by atoms with Crippen molar-refractivity contribution < 1.29 is 5.11 Å². The second-order valence-electron chi connectivity index (χ2n) is 2.65. The van der Waals surface area contributed by atoms with Crippen molar-refractivity contribution in [3.05, 3.63) is 23.4 Å². The summed E-state index contributed by atoms with van der Waals surface area (Å²) < 4.78 is 1.61. The van der Waals surface area contributed by atoms with Crippen LogP contribution in [0, 0.1) is 0 Å². The van der Waals surface area contributed by atoms with Gasteiger partial charge >= 0.3 is 0 Å². The summed E-state index contributed by atoms with van der Waals surface area (Å²) in [6.45, 7) is 1.62. The van der Waals surface area contributed by atoms with Crippen molar-refractivity contribution in [2.75, 3.05) is 0 Å². The zero-order valence-electron chi connectivity index (χ0n) is 6.85. The fourth-order valence-corrected chi connectivity index (χ4v) is 1.28. The Morgan fingerprint density at radius 2 is 2.31 bits per heavy atom. The maximum absolute atomic E-state index is 9.31. The van der Waals surface area contributed by atoms with E-state index in [1.807, 2.05) is 0 Å². The first-order valence-electron chi connectivity index (χ1n) is 3.73. The maximum atomic E-state index is 9.31. The Morgan fingerprint density at radius 1 is 1.54 bits per heavy atom. The number of hydrogen-bond acceptors (Lipinski definition) is 4. The largest absolute Gasteiger partial charge is 0.385 e. The van der Waals surface area contributed by atoms with E-state index in [1.165, 1.54) is 6.20 Å². The number of nitrogens with zero attached hydrogens (tertiary/aromatic N) is 4. The van der Waals surface area contributed by atoms with Crippen molar-refractivity contribution in [3.63, 3.8) is 0 Å². The first kappa shape index (κ1) is 8.40. The van der Waals surface area contributed by atoms with Gasteiger partial charge in [-0.2, -0.15) is 0 Å². The Balaban J connectivity index is 2.75. The Kier molecular flexibility index (Phi) is 1.90. The summed E-state index contributed by atoms with van der Waals surface area (Å²) in [7, 11) is 0. The highest BCUT2D eigenvalue weighted by molar-refractivity contribution is 6.32. The second kappa shape index (κ2) is 2.93. The lowest BCUT2D eigenvalue weighted by Crippen LogP contribution is -1.99. The fraction of sp³-hybridized carbons (Fsp3) is 0.286. The molecule has 2 rings (SSSR count). The zero-order chi connectivity index (χ0) is 9.42. The Hall–Kier alpha value is -1.20. The van der Waals surface area contributed by atoms with Crippen LogP contribution >= 0.6 is 11.6 Å². The molecule has 0 aliphatic rings. The minimum Gasteiger partial charge on any atom is -0.385 e.